The summed E-state index contributed by atoms with van der Waals surface area (Å²) < 4.78 is 0. The molecule has 0 aromatic heterocycles. The van der Waals surface area contributed by atoms with Gasteiger partial charge < -0.3 is 10.4 Å². The highest BCUT2D eigenvalue weighted by Crippen LogP contribution is 2.12. The molecule has 0 aromatic carbocycles. The second-order valence-electron chi connectivity index (χ2n) is 3.84. The smallest absolute Gasteiger partial charge is 0.239 e. The van der Waals surface area contributed by atoms with Crippen molar-refractivity contribution in [2.24, 2.45) is 5.41 Å². The van der Waals surface area contributed by atoms with Gasteiger partial charge in [-0.25, -0.2) is 0 Å². The summed E-state index contributed by atoms with van der Waals surface area (Å²) in [5.41, 5.74) is -0.989. The minimum Gasteiger partial charge on any atom is -0.393 e. The molecule has 0 rings (SSSR count). The van der Waals surface area contributed by atoms with Gasteiger partial charge in [0.1, 0.15) is 5.41 Å². The monoisotopic (exact) mass is 198 g/mol. The SMILES string of the molecule is CCC(O)CCNC(=O)C(C)(C)C#N. The summed E-state index contributed by atoms with van der Waals surface area (Å²) in [6, 6.07) is 1.92. The second kappa shape index (κ2) is 5.61. The van der Waals surface area contributed by atoms with Crippen molar-refractivity contribution in [1.29, 1.82) is 5.26 Å². The van der Waals surface area contributed by atoms with Gasteiger partial charge in [0, 0.05) is 6.54 Å². The molecule has 0 radical (unpaired) electrons. The Balaban J connectivity index is 3.82. The van der Waals surface area contributed by atoms with Crippen molar-refractivity contribution < 1.29 is 9.90 Å². The van der Waals surface area contributed by atoms with Crippen LogP contribution in [0, 0.1) is 16.7 Å². The van der Waals surface area contributed by atoms with E-state index in [1.54, 1.807) is 13.8 Å². The fraction of sp³-hybridized carbons (Fsp3) is 0.800. The van der Waals surface area contributed by atoms with Crippen molar-refractivity contribution in [3.63, 3.8) is 0 Å². The number of carbonyl (C=O) groups is 1. The first-order chi connectivity index (χ1) is 6.44. The Labute approximate surface area is 84.9 Å². The summed E-state index contributed by atoms with van der Waals surface area (Å²) in [5, 5.41) is 20.5. The lowest BCUT2D eigenvalue weighted by Gasteiger charge is -2.15. The molecule has 1 amide bonds. The Kier molecular flexibility index (Phi) is 5.18. The first-order valence-electron chi connectivity index (χ1n) is 4.81. The van der Waals surface area contributed by atoms with Gasteiger partial charge in [0.25, 0.3) is 0 Å². The van der Waals surface area contributed by atoms with E-state index in [2.05, 4.69) is 5.32 Å². The lowest BCUT2D eigenvalue weighted by Crippen LogP contribution is -2.37. The van der Waals surface area contributed by atoms with E-state index in [0.717, 1.165) is 0 Å². The number of aliphatic hydroxyl groups excluding tert-OH is 1. The van der Waals surface area contributed by atoms with E-state index < -0.39 is 5.41 Å². The molecule has 0 heterocycles. The Morgan fingerprint density at radius 2 is 2.21 bits per heavy atom. The van der Waals surface area contributed by atoms with Crippen molar-refractivity contribution in [2.75, 3.05) is 6.54 Å². The van der Waals surface area contributed by atoms with Crippen LogP contribution in [0.3, 0.4) is 0 Å². The summed E-state index contributed by atoms with van der Waals surface area (Å²) >= 11 is 0. The molecule has 0 aliphatic carbocycles. The van der Waals surface area contributed by atoms with Crippen LogP contribution in [0.1, 0.15) is 33.6 Å². The predicted octanol–water partition coefficient (Wildman–Crippen LogP) is 0.813. The lowest BCUT2D eigenvalue weighted by molar-refractivity contribution is -0.126. The first-order valence-corrected chi connectivity index (χ1v) is 4.81. The Bertz CT molecular complexity index is 231. The standard InChI is InChI=1S/C10H18N2O2/c1-4-8(13)5-6-12-9(14)10(2,3)7-11/h8,13H,4-6H2,1-3H3,(H,12,14). The largest absolute Gasteiger partial charge is 0.393 e. The number of amides is 1. The van der Waals surface area contributed by atoms with Gasteiger partial charge in [-0.2, -0.15) is 5.26 Å². The second-order valence-corrected chi connectivity index (χ2v) is 3.84. The maximum absolute atomic E-state index is 11.4. The third-order valence-electron chi connectivity index (χ3n) is 2.08. The van der Waals surface area contributed by atoms with E-state index in [9.17, 15) is 9.90 Å². The van der Waals surface area contributed by atoms with Gasteiger partial charge in [0.05, 0.1) is 12.2 Å². The molecule has 0 saturated carbocycles. The van der Waals surface area contributed by atoms with Gasteiger partial charge in [-0.1, -0.05) is 6.92 Å². The number of hydrogen-bond donors (Lipinski definition) is 2. The molecule has 1 unspecified atom stereocenters. The summed E-state index contributed by atoms with van der Waals surface area (Å²) in [7, 11) is 0. The third kappa shape index (κ3) is 4.24. The molecule has 4 nitrogen and oxygen atoms in total. The normalized spacial score (nSPS) is 13.1. The Hall–Kier alpha value is -1.08. The Morgan fingerprint density at radius 1 is 1.64 bits per heavy atom. The van der Waals surface area contributed by atoms with E-state index in [4.69, 9.17) is 5.26 Å². The molecular formula is C10H18N2O2. The topological polar surface area (TPSA) is 73.1 Å². The van der Waals surface area contributed by atoms with Crippen molar-refractivity contribution in [2.45, 2.75) is 39.7 Å². The lowest BCUT2D eigenvalue weighted by atomic mass is 9.95. The highest BCUT2D eigenvalue weighted by Gasteiger charge is 2.26. The molecule has 0 aliphatic heterocycles. The molecule has 4 heteroatoms. The molecule has 80 valence electrons. The van der Waals surface area contributed by atoms with E-state index in [1.807, 2.05) is 13.0 Å². The number of nitriles is 1. The quantitative estimate of drug-likeness (QED) is 0.686. The maximum atomic E-state index is 11.4. The van der Waals surface area contributed by atoms with Gasteiger partial charge in [0.15, 0.2) is 0 Å². The minimum atomic E-state index is -0.989. The van der Waals surface area contributed by atoms with E-state index >= 15 is 0 Å². The zero-order chi connectivity index (χ0) is 11.2. The van der Waals surface area contributed by atoms with Gasteiger partial charge in [0.2, 0.25) is 5.91 Å². The molecule has 2 N–H and O–H groups in total. The van der Waals surface area contributed by atoms with E-state index in [-0.39, 0.29) is 12.0 Å². The van der Waals surface area contributed by atoms with Crippen molar-refractivity contribution >= 4 is 5.91 Å². The highest BCUT2D eigenvalue weighted by molar-refractivity contribution is 5.84. The number of nitrogens with zero attached hydrogens (tertiary/aromatic N) is 1. The highest BCUT2D eigenvalue weighted by atomic mass is 16.3. The number of aliphatic hydroxyl groups is 1. The van der Waals surface area contributed by atoms with Gasteiger partial charge in [-0.3, -0.25) is 4.79 Å². The first kappa shape index (κ1) is 12.9. The van der Waals surface area contributed by atoms with Crippen LogP contribution in [0.15, 0.2) is 0 Å². The zero-order valence-electron chi connectivity index (χ0n) is 9.00. The Morgan fingerprint density at radius 3 is 2.64 bits per heavy atom. The average molecular weight is 198 g/mol. The molecule has 0 spiro atoms. The average Bonchev–Trinajstić information content (AvgIpc) is 2.17. The van der Waals surface area contributed by atoms with Crippen LogP contribution in [-0.4, -0.2) is 23.7 Å². The van der Waals surface area contributed by atoms with Crippen LogP contribution in [0.4, 0.5) is 0 Å². The molecular weight excluding hydrogens is 180 g/mol. The third-order valence-corrected chi connectivity index (χ3v) is 2.08. The summed E-state index contributed by atoms with van der Waals surface area (Å²) in [6.07, 6.45) is 0.835. The maximum Gasteiger partial charge on any atom is 0.239 e. The molecule has 0 aliphatic rings. The van der Waals surface area contributed by atoms with Gasteiger partial charge in [-0.05, 0) is 26.7 Å². The zero-order valence-corrected chi connectivity index (χ0v) is 9.00. The predicted molar refractivity (Wildman–Crippen MR) is 53.3 cm³/mol. The molecule has 0 bridgehead atoms. The van der Waals surface area contributed by atoms with Gasteiger partial charge in [-0.15, -0.1) is 0 Å². The number of carbonyl (C=O) groups excluding carboxylic acids is 1. The molecule has 14 heavy (non-hydrogen) atoms. The fourth-order valence-electron chi connectivity index (χ4n) is 0.828. The fourth-order valence-corrected chi connectivity index (χ4v) is 0.828. The van der Waals surface area contributed by atoms with Gasteiger partial charge >= 0.3 is 0 Å². The van der Waals surface area contributed by atoms with Crippen LogP contribution in [0.2, 0.25) is 0 Å². The number of hydrogen-bond acceptors (Lipinski definition) is 3. The molecule has 0 aromatic rings. The summed E-state index contributed by atoms with van der Waals surface area (Å²) in [6.45, 7) is 5.43. The van der Waals surface area contributed by atoms with Crippen molar-refractivity contribution in [1.82, 2.24) is 5.32 Å². The number of rotatable bonds is 5. The molecule has 1 atom stereocenters. The minimum absolute atomic E-state index is 0.289. The van der Waals surface area contributed by atoms with E-state index in [1.165, 1.54) is 0 Å². The van der Waals surface area contributed by atoms with Crippen molar-refractivity contribution in [3.05, 3.63) is 0 Å². The van der Waals surface area contributed by atoms with E-state index in [0.29, 0.717) is 19.4 Å². The number of nitrogens with one attached hydrogen (secondary N) is 1. The van der Waals surface area contributed by atoms with Crippen LogP contribution < -0.4 is 5.32 Å². The van der Waals surface area contributed by atoms with Crippen LogP contribution in [0.25, 0.3) is 0 Å². The molecule has 0 saturated heterocycles. The van der Waals surface area contributed by atoms with Crippen LogP contribution >= 0.6 is 0 Å². The van der Waals surface area contributed by atoms with Crippen LogP contribution in [-0.2, 0) is 4.79 Å². The van der Waals surface area contributed by atoms with Crippen LogP contribution in [0.5, 0.6) is 0 Å². The molecule has 0 fully saturated rings. The summed E-state index contributed by atoms with van der Waals surface area (Å²) in [5.74, 6) is -0.289. The summed E-state index contributed by atoms with van der Waals surface area (Å²) in [4.78, 5) is 11.4. The van der Waals surface area contributed by atoms with Crippen molar-refractivity contribution in [3.8, 4) is 6.07 Å².